The lowest BCUT2D eigenvalue weighted by atomic mass is 9.88. The monoisotopic (exact) mass is 690 g/mol. The number of hydrogen-bond acceptors (Lipinski definition) is 19. The van der Waals surface area contributed by atoms with Gasteiger partial charge >= 0.3 is 5.97 Å². The van der Waals surface area contributed by atoms with Gasteiger partial charge in [0.1, 0.15) is 73.7 Å². The molecular weight excluding hydrogens is 648 g/mol. The van der Waals surface area contributed by atoms with Crippen LogP contribution < -0.4 is 10.6 Å². The minimum absolute atomic E-state index is 0.733. The van der Waals surface area contributed by atoms with E-state index in [1.54, 1.807) is 0 Å². The minimum atomic E-state index is -3.11. The highest BCUT2D eigenvalue weighted by Crippen LogP contribution is 2.38. The van der Waals surface area contributed by atoms with E-state index in [0.29, 0.717) is 0 Å². The molecule has 2 amide bonds. The van der Waals surface area contributed by atoms with Gasteiger partial charge in [0, 0.05) is 13.3 Å². The predicted molar refractivity (Wildman–Crippen MR) is 143 cm³/mol. The van der Waals surface area contributed by atoms with Crippen LogP contribution in [-0.2, 0) is 38.1 Å². The van der Waals surface area contributed by atoms with Gasteiger partial charge in [-0.15, -0.1) is 0 Å². The van der Waals surface area contributed by atoms with E-state index in [0.717, 1.165) is 6.92 Å². The molecule has 22 nitrogen and oxygen atoms in total. The van der Waals surface area contributed by atoms with Crippen molar-refractivity contribution in [3.05, 3.63) is 0 Å². The Balaban J connectivity index is 1.98. The third kappa shape index (κ3) is 8.50. The van der Waals surface area contributed by atoms with Crippen LogP contribution in [0.5, 0.6) is 0 Å². The molecule has 272 valence electrons. The summed E-state index contributed by atoms with van der Waals surface area (Å²) < 4.78 is 27.2. The normalized spacial score (nSPS) is 42.3. The molecule has 0 aromatic carbocycles. The fourth-order valence-electron chi connectivity index (χ4n) is 5.56. The van der Waals surface area contributed by atoms with E-state index in [1.807, 2.05) is 0 Å². The van der Waals surface area contributed by atoms with Crippen molar-refractivity contribution >= 4 is 17.8 Å². The topological polar surface area (TPSA) is 364 Å². The number of aliphatic carboxylic acids is 1. The third-order valence-electron chi connectivity index (χ3n) is 7.97. The van der Waals surface area contributed by atoms with E-state index in [9.17, 15) is 70.6 Å². The minimum Gasteiger partial charge on any atom is -0.477 e. The molecule has 1 unspecified atom stereocenters. The Labute approximate surface area is 265 Å². The highest BCUT2D eigenvalue weighted by atomic mass is 16.8. The molecule has 3 heterocycles. The van der Waals surface area contributed by atoms with Crippen LogP contribution in [0.25, 0.3) is 0 Å². The van der Waals surface area contributed by atoms with Gasteiger partial charge in [-0.05, 0) is 0 Å². The van der Waals surface area contributed by atoms with Gasteiger partial charge in [-0.3, -0.25) is 9.59 Å². The molecule has 0 aromatic heterocycles. The molecule has 3 saturated heterocycles. The van der Waals surface area contributed by atoms with Gasteiger partial charge in [-0.1, -0.05) is 0 Å². The first-order chi connectivity index (χ1) is 22.0. The lowest BCUT2D eigenvalue weighted by molar-refractivity contribution is -0.380. The maximum Gasteiger partial charge on any atom is 0.364 e. The van der Waals surface area contributed by atoms with Gasteiger partial charge < -0.3 is 95.6 Å². The molecule has 22 heteroatoms. The van der Waals surface area contributed by atoms with E-state index in [1.165, 1.54) is 0 Å². The van der Waals surface area contributed by atoms with Crippen LogP contribution in [0.15, 0.2) is 0 Å². The van der Waals surface area contributed by atoms with Crippen molar-refractivity contribution in [3.63, 3.8) is 0 Å². The summed E-state index contributed by atoms with van der Waals surface area (Å²) in [6.45, 7) is -3.02. The first-order valence-corrected chi connectivity index (χ1v) is 14.4. The maximum absolute atomic E-state index is 12.6. The molecule has 16 atom stereocenters. The lowest BCUT2D eigenvalue weighted by Gasteiger charge is -2.50. The largest absolute Gasteiger partial charge is 0.477 e. The van der Waals surface area contributed by atoms with Gasteiger partial charge in [0.25, 0.3) is 5.79 Å². The Morgan fingerprint density at radius 1 is 0.872 bits per heavy atom. The Kier molecular flexibility index (Phi) is 13.7. The van der Waals surface area contributed by atoms with E-state index < -0.39 is 148 Å². The SMILES string of the molecule is CC(=O)N[C@H]1C(O)O[C@H](CO)[C@H](O)[C@@H]1O[C@@H]1O[C@H](CO)[C@H](O)[C@H](O[C@]2(C(=O)O)C[C@H](O)[C@@H](NC(=O)CO)[C@H]([C@H](O)[C@H](O)CO)O2)[C@H]1O. The van der Waals surface area contributed by atoms with Crippen molar-refractivity contribution < 1.29 is 99.3 Å². The fraction of sp³-hybridized carbons (Fsp3) is 0.880. The number of aliphatic hydroxyl groups is 11. The van der Waals surface area contributed by atoms with Crippen LogP contribution in [0.2, 0.25) is 0 Å². The van der Waals surface area contributed by atoms with E-state index >= 15 is 0 Å². The second-order valence-corrected chi connectivity index (χ2v) is 11.3. The average Bonchev–Trinajstić information content (AvgIpc) is 3.03. The molecule has 3 aliphatic rings. The number of rotatable bonds is 13. The molecule has 0 radical (unpaired) electrons. The Hall–Kier alpha value is -2.23. The Bertz CT molecular complexity index is 1070. The molecule has 14 N–H and O–H groups in total. The Morgan fingerprint density at radius 2 is 1.47 bits per heavy atom. The van der Waals surface area contributed by atoms with Gasteiger partial charge in [0.05, 0.1) is 32.0 Å². The van der Waals surface area contributed by atoms with Crippen LogP contribution in [0, 0.1) is 0 Å². The summed E-state index contributed by atoms with van der Waals surface area (Å²) in [6.07, 6.45) is -26.5. The first-order valence-electron chi connectivity index (χ1n) is 14.4. The molecule has 3 fully saturated rings. The first kappa shape index (κ1) is 39.2. The van der Waals surface area contributed by atoms with Gasteiger partial charge in [-0.2, -0.15) is 0 Å². The van der Waals surface area contributed by atoms with Crippen molar-refractivity contribution in [2.45, 2.75) is 111 Å². The maximum atomic E-state index is 12.6. The fourth-order valence-corrected chi connectivity index (χ4v) is 5.56. The second-order valence-electron chi connectivity index (χ2n) is 11.3. The number of nitrogens with one attached hydrogen (secondary N) is 2. The number of aliphatic hydroxyl groups excluding tert-OH is 11. The van der Waals surface area contributed by atoms with Crippen molar-refractivity contribution in [2.24, 2.45) is 0 Å². The third-order valence-corrected chi connectivity index (χ3v) is 7.97. The van der Waals surface area contributed by atoms with Gasteiger partial charge in [0.2, 0.25) is 11.8 Å². The smallest absolute Gasteiger partial charge is 0.364 e. The van der Waals surface area contributed by atoms with Crippen molar-refractivity contribution in [3.8, 4) is 0 Å². The highest BCUT2D eigenvalue weighted by Gasteiger charge is 2.60. The molecule has 0 aromatic rings. The van der Waals surface area contributed by atoms with Crippen LogP contribution >= 0.6 is 0 Å². The standard InChI is InChI=1S/C25H42N2O20/c1-7(32)26-14-19(16(37)10(4-29)43-22(14)40)45-23-18(39)21(17(38)11(5-30)44-23)47-25(24(41)42)2-8(33)13(27-12(35)6-31)20(46-25)15(36)9(34)3-28/h8-11,13-23,28-31,33-34,36-40H,2-6H2,1H3,(H,26,32)(H,27,35)(H,41,42)/t8-,9+,10+,11+,13+,14+,15+,16-,17-,18+,19+,20+,21-,22?,23-,25-/m0/s1. The summed E-state index contributed by atoms with van der Waals surface area (Å²) in [5.74, 6) is -6.98. The summed E-state index contributed by atoms with van der Waals surface area (Å²) in [6, 6.07) is -3.26. The van der Waals surface area contributed by atoms with Crippen LogP contribution in [0.4, 0.5) is 0 Å². The van der Waals surface area contributed by atoms with E-state index in [4.69, 9.17) is 28.8 Å². The van der Waals surface area contributed by atoms with Crippen LogP contribution in [-0.4, -0.2) is 203 Å². The highest BCUT2D eigenvalue weighted by molar-refractivity contribution is 5.78. The summed E-state index contributed by atoms with van der Waals surface area (Å²) in [7, 11) is 0. The zero-order valence-electron chi connectivity index (χ0n) is 24.8. The molecular formula is C25H42N2O20. The number of hydrogen-bond donors (Lipinski definition) is 14. The van der Waals surface area contributed by atoms with Gasteiger partial charge in [-0.25, -0.2) is 4.79 Å². The molecule has 0 spiro atoms. The van der Waals surface area contributed by atoms with Crippen molar-refractivity contribution in [1.29, 1.82) is 0 Å². The van der Waals surface area contributed by atoms with Gasteiger partial charge in [0.15, 0.2) is 12.6 Å². The number of carbonyl (C=O) groups is 3. The summed E-state index contributed by atoms with van der Waals surface area (Å²) in [4.78, 5) is 36.3. The van der Waals surface area contributed by atoms with E-state index in [-0.39, 0.29) is 0 Å². The molecule has 0 aliphatic carbocycles. The number of carboxylic acid groups (broad SMARTS) is 1. The predicted octanol–water partition coefficient (Wildman–Crippen LogP) is -9.11. The van der Waals surface area contributed by atoms with E-state index in [2.05, 4.69) is 10.6 Å². The lowest BCUT2D eigenvalue weighted by Crippen LogP contribution is -2.71. The molecule has 0 bridgehead atoms. The molecule has 3 aliphatic heterocycles. The van der Waals surface area contributed by atoms with Crippen LogP contribution in [0.1, 0.15) is 13.3 Å². The Morgan fingerprint density at radius 3 is 2.00 bits per heavy atom. The average molecular weight is 691 g/mol. The summed E-state index contributed by atoms with van der Waals surface area (Å²) in [5, 5.41) is 127. The number of amides is 2. The second kappa shape index (κ2) is 16.4. The quantitative estimate of drug-likeness (QED) is 0.0852. The number of ether oxygens (including phenoxy) is 5. The summed E-state index contributed by atoms with van der Waals surface area (Å²) >= 11 is 0. The molecule has 47 heavy (non-hydrogen) atoms. The summed E-state index contributed by atoms with van der Waals surface area (Å²) in [5.41, 5.74) is 0. The molecule has 0 saturated carbocycles. The van der Waals surface area contributed by atoms with Crippen molar-refractivity contribution in [1.82, 2.24) is 10.6 Å². The number of carbonyl (C=O) groups excluding carboxylic acids is 2. The zero-order valence-corrected chi connectivity index (χ0v) is 24.8. The molecule has 3 rings (SSSR count). The number of carboxylic acids is 1. The van der Waals surface area contributed by atoms with Crippen molar-refractivity contribution in [2.75, 3.05) is 26.4 Å². The van der Waals surface area contributed by atoms with Crippen LogP contribution in [0.3, 0.4) is 0 Å². The zero-order chi connectivity index (χ0) is 35.4.